The maximum absolute atomic E-state index is 13.6. The van der Waals surface area contributed by atoms with E-state index in [-0.39, 0.29) is 84.7 Å². The van der Waals surface area contributed by atoms with Crippen LogP contribution >= 0.6 is 23.5 Å². The van der Waals surface area contributed by atoms with Gasteiger partial charge in [0, 0.05) is 6.08 Å². The van der Waals surface area contributed by atoms with Gasteiger partial charge in [0.2, 0.25) is 0 Å². The Hall–Kier alpha value is -4.29. The van der Waals surface area contributed by atoms with E-state index in [2.05, 4.69) is 18.3 Å². The predicted octanol–water partition coefficient (Wildman–Crippen LogP) is 9.16. The number of carbonyl (C=O) groups excluding carboxylic acids is 6. The monoisotopic (exact) mass is 867 g/mol. The van der Waals surface area contributed by atoms with Crippen LogP contribution in [0.4, 0.5) is 0 Å². The van der Waals surface area contributed by atoms with Gasteiger partial charge < -0.3 is 28.4 Å². The largest absolute Gasteiger partial charge is 0.470 e. The highest BCUT2D eigenvalue weighted by molar-refractivity contribution is 8.24. The topological polar surface area (TPSA) is 162 Å². The van der Waals surface area contributed by atoms with Crippen molar-refractivity contribution in [3.63, 3.8) is 0 Å². The first-order valence-corrected chi connectivity index (χ1v) is 22.9. The molecule has 13 nitrogen and oxygen atoms in total. The Kier molecular flexibility index (Phi) is 18.0. The van der Waals surface area contributed by atoms with Crippen LogP contribution in [0.5, 0.6) is 11.5 Å². The fourth-order valence-corrected chi connectivity index (χ4v) is 10.2. The third-order valence-corrected chi connectivity index (χ3v) is 14.4. The quantitative estimate of drug-likeness (QED) is 0.0364. The lowest BCUT2D eigenvalue weighted by Gasteiger charge is -2.30. The molecular weight excluding hydrogens is 811 g/mol. The lowest BCUT2D eigenvalue weighted by Crippen LogP contribution is -2.33. The van der Waals surface area contributed by atoms with Crippen molar-refractivity contribution in [1.82, 2.24) is 0 Å². The van der Waals surface area contributed by atoms with Gasteiger partial charge in [-0.05, 0) is 114 Å². The highest BCUT2D eigenvalue weighted by atomic mass is 32.2. The number of thioether (sulfide) groups is 2. The maximum Gasteiger partial charge on any atom is 0.338 e. The molecule has 5 rings (SSSR count). The van der Waals surface area contributed by atoms with Crippen LogP contribution in [0.2, 0.25) is 0 Å². The SMILES string of the molecule is [C-]#[N+]/C(C(=O)OC[C@H](C)CC)=C1/Sc2c(OC(=O)C3CCC(C)CC3)ccc(OC(=O)C3CCC(OC(=O)C4CCC(C(=O)OCCCCOC(=O)C=C)CC4)CC3)c2S1. The average Bonchev–Trinajstić information content (AvgIpc) is 3.71. The molecule has 3 aliphatic carbocycles. The minimum absolute atomic E-state index is 0.130. The molecule has 3 saturated carbocycles. The van der Waals surface area contributed by atoms with Gasteiger partial charge in [0.1, 0.15) is 17.6 Å². The zero-order chi connectivity index (χ0) is 43.2. The van der Waals surface area contributed by atoms with Crippen LogP contribution in [0.15, 0.2) is 44.5 Å². The van der Waals surface area contributed by atoms with Gasteiger partial charge in [0.05, 0.1) is 64.1 Å². The van der Waals surface area contributed by atoms with Gasteiger partial charge in [-0.15, -0.1) is 0 Å². The summed E-state index contributed by atoms with van der Waals surface area (Å²) >= 11 is 2.25. The van der Waals surface area contributed by atoms with Crippen LogP contribution in [-0.2, 0) is 47.7 Å². The minimum Gasteiger partial charge on any atom is -0.470 e. The summed E-state index contributed by atoms with van der Waals surface area (Å²) in [6.45, 7) is 17.9. The normalized spacial score (nSPS) is 25.0. The molecule has 0 unspecified atom stereocenters. The Morgan fingerprint density at radius 3 is 1.73 bits per heavy atom. The Morgan fingerprint density at radius 1 is 0.733 bits per heavy atom. The van der Waals surface area contributed by atoms with Crippen LogP contribution in [0.3, 0.4) is 0 Å². The molecule has 0 amide bonds. The van der Waals surface area contributed by atoms with Crippen LogP contribution in [0.25, 0.3) is 4.85 Å². The van der Waals surface area contributed by atoms with Gasteiger partial charge in [-0.2, -0.15) is 0 Å². The second-order valence-electron chi connectivity index (χ2n) is 16.3. The third kappa shape index (κ3) is 13.1. The molecule has 1 aliphatic heterocycles. The van der Waals surface area contributed by atoms with Gasteiger partial charge in [-0.3, -0.25) is 24.0 Å². The molecule has 326 valence electrons. The molecular formula is C45H57NO12S2. The molecule has 0 aromatic heterocycles. The summed E-state index contributed by atoms with van der Waals surface area (Å²) in [6.07, 6.45) is 10.2. The van der Waals surface area contributed by atoms with Gasteiger partial charge in [-0.25, -0.2) is 9.64 Å². The van der Waals surface area contributed by atoms with Crippen molar-refractivity contribution in [2.75, 3.05) is 19.8 Å². The average molecular weight is 868 g/mol. The lowest BCUT2D eigenvalue weighted by molar-refractivity contribution is -0.160. The van der Waals surface area contributed by atoms with Crippen LogP contribution < -0.4 is 9.47 Å². The molecule has 0 bridgehead atoms. The molecule has 0 spiro atoms. The van der Waals surface area contributed by atoms with Gasteiger partial charge in [0.15, 0.2) is 0 Å². The van der Waals surface area contributed by atoms with E-state index in [0.29, 0.717) is 84.2 Å². The summed E-state index contributed by atoms with van der Waals surface area (Å²) in [7, 11) is 0. The third-order valence-electron chi connectivity index (χ3n) is 11.8. The van der Waals surface area contributed by atoms with E-state index in [1.807, 2.05) is 13.8 Å². The predicted molar refractivity (Wildman–Crippen MR) is 223 cm³/mol. The second kappa shape index (κ2) is 23.1. The molecule has 3 fully saturated rings. The van der Waals surface area contributed by atoms with E-state index in [1.54, 1.807) is 12.1 Å². The zero-order valence-electron chi connectivity index (χ0n) is 34.9. The number of nitrogens with zero attached hydrogens (tertiary/aromatic N) is 1. The summed E-state index contributed by atoms with van der Waals surface area (Å²) in [6, 6.07) is 3.19. The fraction of sp³-hybridized carbons (Fsp3) is 0.622. The number of ether oxygens (including phenoxy) is 6. The minimum atomic E-state index is -0.735. The fourth-order valence-electron chi connectivity index (χ4n) is 7.61. The summed E-state index contributed by atoms with van der Waals surface area (Å²) in [4.78, 5) is 81.2. The highest BCUT2D eigenvalue weighted by Crippen LogP contribution is 2.59. The van der Waals surface area contributed by atoms with Crippen molar-refractivity contribution in [3.05, 3.63) is 46.1 Å². The van der Waals surface area contributed by atoms with Crippen LogP contribution in [0, 0.1) is 42.1 Å². The molecule has 1 aromatic carbocycles. The van der Waals surface area contributed by atoms with E-state index in [0.717, 1.165) is 61.7 Å². The number of rotatable bonds is 17. The molecule has 0 N–H and O–H groups in total. The van der Waals surface area contributed by atoms with Crippen LogP contribution in [0.1, 0.15) is 117 Å². The van der Waals surface area contributed by atoms with Crippen molar-refractivity contribution >= 4 is 59.3 Å². The molecule has 1 heterocycles. The molecule has 15 heteroatoms. The maximum atomic E-state index is 13.6. The van der Waals surface area contributed by atoms with E-state index in [9.17, 15) is 28.8 Å². The Balaban J connectivity index is 1.13. The van der Waals surface area contributed by atoms with Crippen molar-refractivity contribution < 1.29 is 57.2 Å². The molecule has 4 aliphatic rings. The van der Waals surface area contributed by atoms with E-state index in [4.69, 9.17) is 35.0 Å². The molecule has 60 heavy (non-hydrogen) atoms. The summed E-state index contributed by atoms with van der Waals surface area (Å²) in [5.41, 5.74) is -0.183. The first-order chi connectivity index (χ1) is 28.9. The molecule has 1 atom stereocenters. The first kappa shape index (κ1) is 46.8. The van der Waals surface area contributed by atoms with Gasteiger partial charge >= 0.3 is 35.8 Å². The van der Waals surface area contributed by atoms with Crippen molar-refractivity contribution in [2.24, 2.45) is 35.5 Å². The second-order valence-corrected chi connectivity index (χ2v) is 18.6. The highest BCUT2D eigenvalue weighted by Gasteiger charge is 2.37. The number of hydrogen-bond donors (Lipinski definition) is 0. The Labute approximate surface area is 361 Å². The van der Waals surface area contributed by atoms with Crippen molar-refractivity contribution in [3.8, 4) is 11.5 Å². The van der Waals surface area contributed by atoms with E-state index in [1.165, 1.54) is 0 Å². The number of hydrogen-bond acceptors (Lipinski definition) is 14. The van der Waals surface area contributed by atoms with E-state index < -0.39 is 23.8 Å². The lowest BCUT2D eigenvalue weighted by atomic mass is 9.82. The standard InChI is InChI=1S/C45H57NO12S2/c1-6-27(3)26-55-44(52)37(46-5)45-59-38-34(57-42(50)30-12-10-28(4)11-13-30)22-23-35(39(38)60-45)58-43(51)32-18-20-33(21-19-32)56-41(49)31-16-14-29(15-17-31)40(48)54-25-9-8-24-53-36(47)7-2/h7,22-23,27-33H,2,6,8-21,24-26H2,1,3-4H3/b45-37-/t27-,28?,29?,30?,31?,32?,33?/m1/s1. The smallest absolute Gasteiger partial charge is 0.338 e. The number of carbonyl (C=O) groups is 6. The zero-order valence-corrected chi connectivity index (χ0v) is 36.5. The van der Waals surface area contributed by atoms with Gasteiger partial charge in [0.25, 0.3) is 5.70 Å². The summed E-state index contributed by atoms with van der Waals surface area (Å²) < 4.78 is 34.0. The Morgan fingerprint density at radius 2 is 1.22 bits per heavy atom. The van der Waals surface area contributed by atoms with Crippen molar-refractivity contribution in [2.45, 2.75) is 133 Å². The number of fused-ring (bicyclic) bond motifs is 1. The number of esters is 6. The molecule has 1 aromatic rings. The summed E-state index contributed by atoms with van der Waals surface area (Å²) in [5, 5.41) is 0. The number of benzene rings is 1. The molecule has 0 radical (unpaired) electrons. The molecule has 0 saturated heterocycles. The van der Waals surface area contributed by atoms with Crippen molar-refractivity contribution in [1.29, 1.82) is 0 Å². The van der Waals surface area contributed by atoms with Crippen LogP contribution in [-0.4, -0.2) is 61.7 Å². The first-order valence-electron chi connectivity index (χ1n) is 21.3. The number of unbranched alkanes of at least 4 members (excludes halogenated alkanes) is 1. The van der Waals surface area contributed by atoms with E-state index >= 15 is 0 Å². The Bertz CT molecular complexity index is 1810. The van der Waals surface area contributed by atoms with Gasteiger partial charge in [-0.1, -0.05) is 57.3 Å². The summed E-state index contributed by atoms with van der Waals surface area (Å²) in [5.74, 6) is -2.54.